The quantitative estimate of drug-likeness (QED) is 0.379. The average Bonchev–Trinajstić information content (AvgIpc) is 3.52. The van der Waals surface area contributed by atoms with Gasteiger partial charge in [-0.3, -0.25) is 9.59 Å². The van der Waals surface area contributed by atoms with Crippen LogP contribution in [-0.2, 0) is 11.3 Å². The molecule has 31 heavy (non-hydrogen) atoms. The van der Waals surface area contributed by atoms with E-state index in [0.29, 0.717) is 22.9 Å². The minimum atomic E-state index is -0.918. The maximum absolute atomic E-state index is 13.4. The van der Waals surface area contributed by atoms with Gasteiger partial charge in [0.05, 0.1) is 18.4 Å². The lowest BCUT2D eigenvalue weighted by Gasteiger charge is -2.23. The highest BCUT2D eigenvalue weighted by atomic mass is 79.9. The van der Waals surface area contributed by atoms with E-state index in [-0.39, 0.29) is 17.9 Å². The van der Waals surface area contributed by atoms with Crippen LogP contribution in [0.15, 0.2) is 83.9 Å². The maximum atomic E-state index is 13.4. The van der Waals surface area contributed by atoms with Gasteiger partial charge in [0, 0.05) is 9.86 Å². The van der Waals surface area contributed by atoms with Crippen molar-refractivity contribution in [3.63, 3.8) is 0 Å². The Bertz CT molecular complexity index is 1340. The Morgan fingerprint density at radius 2 is 2.00 bits per heavy atom. The first-order chi connectivity index (χ1) is 14.9. The fraction of sp³-hybridized carbons (Fsp3) is 0.130. The number of nitrogens with zero attached hydrogens (tertiary/aromatic N) is 1. The third kappa shape index (κ3) is 3.29. The number of aryl methyl sites for hydroxylation is 1. The van der Waals surface area contributed by atoms with Gasteiger partial charge in [-0.1, -0.05) is 15.9 Å². The summed E-state index contributed by atoms with van der Waals surface area (Å²) in [6.07, 6.45) is 1.49. The summed E-state index contributed by atoms with van der Waals surface area (Å²) in [5, 5.41) is 11.4. The first-order valence-corrected chi connectivity index (χ1v) is 10.3. The van der Waals surface area contributed by atoms with Gasteiger partial charge < -0.3 is 23.3 Å². The number of hydrogen-bond acceptors (Lipinski definition) is 6. The SMILES string of the molecule is Cc1ccc(C2C(C(=O)c3cc4cc(Br)ccc4o3)=C(O)C(=O)N2Cc2ccco2)o1. The van der Waals surface area contributed by atoms with Crippen molar-refractivity contribution in [1.82, 2.24) is 4.90 Å². The fourth-order valence-corrected chi connectivity index (χ4v) is 4.15. The molecule has 0 aliphatic carbocycles. The molecule has 5 rings (SSSR count). The molecule has 1 amide bonds. The summed E-state index contributed by atoms with van der Waals surface area (Å²) in [4.78, 5) is 27.7. The van der Waals surface area contributed by atoms with Crippen molar-refractivity contribution in [2.45, 2.75) is 19.5 Å². The van der Waals surface area contributed by atoms with E-state index in [1.165, 1.54) is 11.2 Å². The number of furan rings is 3. The molecule has 156 valence electrons. The molecule has 8 heteroatoms. The van der Waals surface area contributed by atoms with Gasteiger partial charge in [-0.05, 0) is 55.5 Å². The van der Waals surface area contributed by atoms with Crippen LogP contribution in [0.1, 0.15) is 33.9 Å². The van der Waals surface area contributed by atoms with E-state index in [2.05, 4.69) is 15.9 Å². The topological polar surface area (TPSA) is 97.0 Å². The number of ketones is 1. The van der Waals surface area contributed by atoms with E-state index >= 15 is 0 Å². The molecule has 1 N–H and O–H groups in total. The molecule has 0 spiro atoms. The number of fused-ring (bicyclic) bond motifs is 1. The molecule has 4 heterocycles. The molecule has 0 saturated heterocycles. The zero-order chi connectivity index (χ0) is 21.7. The molecule has 0 fully saturated rings. The van der Waals surface area contributed by atoms with Crippen LogP contribution in [-0.4, -0.2) is 21.7 Å². The first-order valence-electron chi connectivity index (χ1n) is 9.49. The summed E-state index contributed by atoms with van der Waals surface area (Å²) in [5.41, 5.74) is 0.429. The molecular weight excluding hydrogens is 466 g/mol. The first kappa shape index (κ1) is 19.4. The van der Waals surface area contributed by atoms with Crippen LogP contribution in [0.5, 0.6) is 0 Å². The molecule has 0 bridgehead atoms. The van der Waals surface area contributed by atoms with Gasteiger partial charge in [0.15, 0.2) is 11.5 Å². The lowest BCUT2D eigenvalue weighted by Crippen LogP contribution is -2.30. The molecule has 4 aromatic rings. The predicted molar refractivity (Wildman–Crippen MR) is 113 cm³/mol. The molecule has 1 atom stereocenters. The second-order valence-corrected chi connectivity index (χ2v) is 8.16. The summed E-state index contributed by atoms with van der Waals surface area (Å²) in [6, 6.07) is 12.9. The van der Waals surface area contributed by atoms with Gasteiger partial charge in [-0.2, -0.15) is 0 Å². The maximum Gasteiger partial charge on any atom is 0.290 e. The molecule has 1 aliphatic rings. The number of aliphatic hydroxyl groups excluding tert-OH is 1. The predicted octanol–water partition coefficient (Wildman–Crippen LogP) is 5.47. The normalized spacial score (nSPS) is 16.6. The number of aliphatic hydroxyl groups is 1. The molecule has 0 radical (unpaired) electrons. The van der Waals surface area contributed by atoms with E-state index in [4.69, 9.17) is 13.3 Å². The third-order valence-electron chi connectivity index (χ3n) is 5.19. The number of hydrogen-bond donors (Lipinski definition) is 1. The second-order valence-electron chi connectivity index (χ2n) is 7.25. The zero-order valence-electron chi connectivity index (χ0n) is 16.3. The number of Topliss-reactive ketones (excluding diaryl/α,β-unsaturated/α-hetero) is 1. The fourth-order valence-electron chi connectivity index (χ4n) is 3.77. The lowest BCUT2D eigenvalue weighted by molar-refractivity contribution is -0.130. The van der Waals surface area contributed by atoms with Gasteiger partial charge >= 0.3 is 0 Å². The van der Waals surface area contributed by atoms with Crippen molar-refractivity contribution in [2.24, 2.45) is 0 Å². The molecule has 1 unspecified atom stereocenters. The number of carbonyl (C=O) groups excluding carboxylic acids is 2. The van der Waals surface area contributed by atoms with Crippen molar-refractivity contribution in [2.75, 3.05) is 0 Å². The van der Waals surface area contributed by atoms with Crippen LogP contribution in [0.2, 0.25) is 0 Å². The van der Waals surface area contributed by atoms with Crippen LogP contribution in [0.3, 0.4) is 0 Å². The Morgan fingerprint density at radius 1 is 1.16 bits per heavy atom. The van der Waals surface area contributed by atoms with Crippen LogP contribution in [0.25, 0.3) is 11.0 Å². The van der Waals surface area contributed by atoms with Gasteiger partial charge in [0.1, 0.15) is 28.9 Å². The van der Waals surface area contributed by atoms with Crippen molar-refractivity contribution in [3.8, 4) is 0 Å². The van der Waals surface area contributed by atoms with Crippen molar-refractivity contribution >= 4 is 38.6 Å². The van der Waals surface area contributed by atoms with Crippen LogP contribution in [0, 0.1) is 6.92 Å². The Hall–Kier alpha value is -3.52. The minimum Gasteiger partial charge on any atom is -0.503 e. The summed E-state index contributed by atoms with van der Waals surface area (Å²) < 4.78 is 17.7. The van der Waals surface area contributed by atoms with Gasteiger partial charge in [-0.25, -0.2) is 0 Å². The van der Waals surface area contributed by atoms with Crippen LogP contribution >= 0.6 is 15.9 Å². The van der Waals surface area contributed by atoms with Crippen molar-refractivity contribution in [3.05, 3.63) is 93.6 Å². The highest BCUT2D eigenvalue weighted by Gasteiger charge is 2.46. The van der Waals surface area contributed by atoms with Crippen molar-refractivity contribution < 1.29 is 27.9 Å². The summed E-state index contributed by atoms with van der Waals surface area (Å²) in [5.74, 6) is -0.378. The Kier molecular flexibility index (Phi) is 4.59. The Labute approximate surface area is 184 Å². The molecule has 0 saturated carbocycles. The van der Waals surface area contributed by atoms with E-state index in [9.17, 15) is 14.7 Å². The molecular formula is C23H16BrNO6. The highest BCUT2D eigenvalue weighted by molar-refractivity contribution is 9.10. The number of carbonyl (C=O) groups is 2. The van der Waals surface area contributed by atoms with E-state index in [0.717, 1.165) is 9.86 Å². The van der Waals surface area contributed by atoms with Gasteiger partial charge in [0.2, 0.25) is 5.78 Å². The number of amides is 1. The number of rotatable bonds is 5. The third-order valence-corrected chi connectivity index (χ3v) is 5.68. The van der Waals surface area contributed by atoms with Crippen LogP contribution < -0.4 is 0 Å². The van der Waals surface area contributed by atoms with Crippen LogP contribution in [0.4, 0.5) is 0 Å². The Balaban J connectivity index is 1.59. The highest BCUT2D eigenvalue weighted by Crippen LogP contribution is 2.41. The van der Waals surface area contributed by atoms with Gasteiger partial charge in [0.25, 0.3) is 5.91 Å². The molecule has 3 aromatic heterocycles. The number of halogens is 1. The molecule has 1 aliphatic heterocycles. The summed E-state index contributed by atoms with van der Waals surface area (Å²) >= 11 is 3.39. The average molecular weight is 482 g/mol. The van der Waals surface area contributed by atoms with E-state index in [1.54, 1.807) is 49.4 Å². The summed E-state index contributed by atoms with van der Waals surface area (Å²) in [7, 11) is 0. The minimum absolute atomic E-state index is 0.0237. The largest absolute Gasteiger partial charge is 0.503 e. The molecule has 7 nitrogen and oxygen atoms in total. The lowest BCUT2D eigenvalue weighted by atomic mass is 9.99. The smallest absolute Gasteiger partial charge is 0.290 e. The van der Waals surface area contributed by atoms with E-state index in [1.807, 2.05) is 6.07 Å². The van der Waals surface area contributed by atoms with Gasteiger partial charge in [-0.15, -0.1) is 0 Å². The summed E-state index contributed by atoms with van der Waals surface area (Å²) in [6.45, 7) is 1.82. The second kappa shape index (κ2) is 7.31. The van der Waals surface area contributed by atoms with E-state index < -0.39 is 23.5 Å². The monoisotopic (exact) mass is 481 g/mol. The Morgan fingerprint density at radius 3 is 2.71 bits per heavy atom. The molecule has 1 aromatic carbocycles. The standard InChI is InChI=1S/C23H16BrNO6/c1-12-4-6-17(30-12)20-19(22(27)23(28)25(20)11-15-3-2-8-29-15)21(26)18-10-13-9-14(24)5-7-16(13)31-18/h2-10,20,27H,11H2,1H3. The van der Waals surface area contributed by atoms with Crippen molar-refractivity contribution in [1.29, 1.82) is 0 Å². The number of benzene rings is 1. The zero-order valence-corrected chi connectivity index (χ0v) is 17.9.